The van der Waals surface area contributed by atoms with Crippen LogP contribution < -0.4 is 0 Å². The highest BCUT2D eigenvalue weighted by atomic mass is 16.1. The summed E-state index contributed by atoms with van der Waals surface area (Å²) in [6, 6.07) is 2.05. The summed E-state index contributed by atoms with van der Waals surface area (Å²) in [5.41, 5.74) is 3.12. The van der Waals surface area contributed by atoms with Crippen LogP contribution in [0.15, 0.2) is 12.3 Å². The van der Waals surface area contributed by atoms with Gasteiger partial charge in [-0.25, -0.2) is 0 Å². The van der Waals surface area contributed by atoms with Gasteiger partial charge in [-0.05, 0) is 43.2 Å². The number of rotatable bonds is 3. The van der Waals surface area contributed by atoms with Crippen molar-refractivity contribution < 1.29 is 4.79 Å². The molecular weight excluding hydrogens is 174 g/mol. The molecule has 0 atom stereocenters. The van der Waals surface area contributed by atoms with E-state index in [4.69, 9.17) is 0 Å². The van der Waals surface area contributed by atoms with E-state index < -0.39 is 0 Å². The Morgan fingerprint density at radius 2 is 1.93 bits per heavy atom. The second kappa shape index (κ2) is 2.91. The summed E-state index contributed by atoms with van der Waals surface area (Å²) in [5.74, 6) is 1.26. The summed E-state index contributed by atoms with van der Waals surface area (Å²) < 4.78 is 0. The zero-order valence-corrected chi connectivity index (χ0v) is 8.07. The Bertz CT molecular complexity index is 378. The van der Waals surface area contributed by atoms with E-state index in [0.29, 0.717) is 11.8 Å². The molecule has 0 aliphatic heterocycles. The Hall–Kier alpha value is -1.18. The van der Waals surface area contributed by atoms with Gasteiger partial charge < -0.3 is 0 Å². The summed E-state index contributed by atoms with van der Waals surface area (Å²) in [6.07, 6.45) is 7.88. The molecule has 14 heavy (non-hydrogen) atoms. The number of pyridine rings is 1. The SMILES string of the molecule is O=Cc1cc(C2CC2)cnc1C1CC1. The molecule has 1 aromatic heterocycles. The van der Waals surface area contributed by atoms with Gasteiger partial charge in [-0.15, -0.1) is 0 Å². The summed E-state index contributed by atoms with van der Waals surface area (Å²) in [7, 11) is 0. The molecule has 2 saturated carbocycles. The monoisotopic (exact) mass is 187 g/mol. The zero-order valence-electron chi connectivity index (χ0n) is 8.07. The van der Waals surface area contributed by atoms with Crippen molar-refractivity contribution in [3.05, 3.63) is 29.1 Å². The highest BCUT2D eigenvalue weighted by Crippen LogP contribution is 2.43. The van der Waals surface area contributed by atoms with E-state index in [1.165, 1.54) is 31.2 Å². The third-order valence-electron chi connectivity index (χ3n) is 3.11. The normalized spacial score (nSPS) is 20.9. The van der Waals surface area contributed by atoms with E-state index in [2.05, 4.69) is 4.98 Å². The Labute approximate surface area is 83.4 Å². The maximum atomic E-state index is 10.9. The Morgan fingerprint density at radius 1 is 1.21 bits per heavy atom. The van der Waals surface area contributed by atoms with Crippen LogP contribution in [0.25, 0.3) is 0 Å². The van der Waals surface area contributed by atoms with Gasteiger partial charge in [0.15, 0.2) is 6.29 Å². The molecule has 1 aromatic rings. The molecule has 2 fully saturated rings. The first-order chi connectivity index (χ1) is 6.88. The van der Waals surface area contributed by atoms with Crippen LogP contribution in [0.2, 0.25) is 0 Å². The highest BCUT2D eigenvalue weighted by Gasteiger charge is 2.29. The van der Waals surface area contributed by atoms with Crippen molar-refractivity contribution in [2.24, 2.45) is 0 Å². The predicted octanol–water partition coefficient (Wildman–Crippen LogP) is 2.65. The number of hydrogen-bond acceptors (Lipinski definition) is 2. The topological polar surface area (TPSA) is 30.0 Å². The van der Waals surface area contributed by atoms with Gasteiger partial charge in [0, 0.05) is 17.7 Å². The fourth-order valence-corrected chi connectivity index (χ4v) is 1.94. The summed E-state index contributed by atoms with van der Waals surface area (Å²) in [5, 5.41) is 0. The molecular formula is C12H13NO. The zero-order chi connectivity index (χ0) is 9.54. The van der Waals surface area contributed by atoms with Crippen molar-refractivity contribution in [1.82, 2.24) is 4.98 Å². The van der Waals surface area contributed by atoms with Gasteiger partial charge in [0.2, 0.25) is 0 Å². The Balaban J connectivity index is 2.00. The van der Waals surface area contributed by atoms with Crippen LogP contribution in [0.1, 0.15) is 59.1 Å². The lowest BCUT2D eigenvalue weighted by atomic mass is 10.1. The maximum absolute atomic E-state index is 10.9. The quantitative estimate of drug-likeness (QED) is 0.681. The van der Waals surface area contributed by atoms with Crippen LogP contribution in [0, 0.1) is 0 Å². The van der Waals surface area contributed by atoms with Gasteiger partial charge in [0.25, 0.3) is 0 Å². The lowest BCUT2D eigenvalue weighted by Gasteiger charge is -2.04. The molecule has 1 heterocycles. The van der Waals surface area contributed by atoms with E-state index in [0.717, 1.165) is 17.5 Å². The molecule has 2 nitrogen and oxygen atoms in total. The van der Waals surface area contributed by atoms with Crippen molar-refractivity contribution in [3.8, 4) is 0 Å². The van der Waals surface area contributed by atoms with E-state index in [1.807, 2.05) is 12.3 Å². The standard InChI is InChI=1S/C12H13NO/c14-7-11-5-10(8-1-2-8)6-13-12(11)9-3-4-9/h5-9H,1-4H2. The van der Waals surface area contributed by atoms with Crippen LogP contribution in [-0.2, 0) is 0 Å². The molecule has 0 unspecified atom stereocenters. The fraction of sp³-hybridized carbons (Fsp3) is 0.500. The lowest BCUT2D eigenvalue weighted by molar-refractivity contribution is 0.112. The van der Waals surface area contributed by atoms with Gasteiger partial charge in [-0.2, -0.15) is 0 Å². The second-order valence-corrected chi connectivity index (χ2v) is 4.41. The van der Waals surface area contributed by atoms with Crippen molar-refractivity contribution >= 4 is 6.29 Å². The summed E-state index contributed by atoms with van der Waals surface area (Å²) >= 11 is 0. The number of nitrogens with zero attached hydrogens (tertiary/aromatic N) is 1. The van der Waals surface area contributed by atoms with Crippen LogP contribution in [0.3, 0.4) is 0 Å². The minimum atomic E-state index is 0.573. The van der Waals surface area contributed by atoms with Gasteiger partial charge in [-0.1, -0.05) is 0 Å². The third kappa shape index (κ3) is 1.35. The van der Waals surface area contributed by atoms with Gasteiger partial charge >= 0.3 is 0 Å². The van der Waals surface area contributed by atoms with Crippen LogP contribution >= 0.6 is 0 Å². The van der Waals surface area contributed by atoms with Crippen LogP contribution in [0.4, 0.5) is 0 Å². The molecule has 0 aromatic carbocycles. The van der Waals surface area contributed by atoms with Crippen LogP contribution in [-0.4, -0.2) is 11.3 Å². The van der Waals surface area contributed by atoms with Crippen molar-refractivity contribution in [2.75, 3.05) is 0 Å². The molecule has 3 rings (SSSR count). The number of carbonyl (C=O) groups excluding carboxylic acids is 1. The van der Waals surface area contributed by atoms with Crippen molar-refractivity contribution in [1.29, 1.82) is 0 Å². The molecule has 0 saturated heterocycles. The smallest absolute Gasteiger partial charge is 0.151 e. The predicted molar refractivity (Wildman–Crippen MR) is 53.6 cm³/mol. The van der Waals surface area contributed by atoms with Gasteiger partial charge in [0.05, 0.1) is 5.69 Å². The Morgan fingerprint density at radius 3 is 2.50 bits per heavy atom. The van der Waals surface area contributed by atoms with E-state index >= 15 is 0 Å². The maximum Gasteiger partial charge on any atom is 0.151 e. The summed E-state index contributed by atoms with van der Waals surface area (Å²) in [4.78, 5) is 15.4. The fourth-order valence-electron chi connectivity index (χ4n) is 1.94. The molecule has 2 aliphatic rings. The first-order valence-corrected chi connectivity index (χ1v) is 5.33. The largest absolute Gasteiger partial charge is 0.298 e. The number of aldehydes is 1. The molecule has 0 spiro atoms. The Kier molecular flexibility index (Phi) is 1.69. The molecule has 72 valence electrons. The second-order valence-electron chi connectivity index (χ2n) is 4.41. The number of aromatic nitrogens is 1. The molecule has 2 aliphatic carbocycles. The molecule has 0 N–H and O–H groups in total. The molecule has 0 bridgehead atoms. The van der Waals surface area contributed by atoms with Crippen molar-refractivity contribution in [2.45, 2.75) is 37.5 Å². The van der Waals surface area contributed by atoms with E-state index in [-0.39, 0.29) is 0 Å². The van der Waals surface area contributed by atoms with Crippen molar-refractivity contribution in [3.63, 3.8) is 0 Å². The van der Waals surface area contributed by atoms with Gasteiger partial charge in [-0.3, -0.25) is 9.78 Å². The minimum Gasteiger partial charge on any atom is -0.298 e. The molecule has 0 amide bonds. The average molecular weight is 187 g/mol. The first-order valence-electron chi connectivity index (χ1n) is 5.33. The number of carbonyl (C=O) groups is 1. The molecule has 0 radical (unpaired) electrons. The average Bonchev–Trinajstić information content (AvgIpc) is 3.04. The third-order valence-corrected chi connectivity index (χ3v) is 3.11. The highest BCUT2D eigenvalue weighted by molar-refractivity contribution is 5.77. The molecule has 2 heteroatoms. The van der Waals surface area contributed by atoms with E-state index in [1.54, 1.807) is 0 Å². The van der Waals surface area contributed by atoms with E-state index in [9.17, 15) is 4.79 Å². The first kappa shape index (κ1) is 8.16. The summed E-state index contributed by atoms with van der Waals surface area (Å²) in [6.45, 7) is 0. The number of hydrogen-bond donors (Lipinski definition) is 0. The lowest BCUT2D eigenvalue weighted by Crippen LogP contribution is -1.96. The van der Waals surface area contributed by atoms with Crippen LogP contribution in [0.5, 0.6) is 0 Å². The van der Waals surface area contributed by atoms with Gasteiger partial charge in [0.1, 0.15) is 0 Å². The minimum absolute atomic E-state index is 0.573.